The number of esters is 2. The van der Waals surface area contributed by atoms with Crippen molar-refractivity contribution in [2.45, 2.75) is 13.8 Å². The van der Waals surface area contributed by atoms with Crippen LogP contribution in [0.2, 0.25) is 0 Å². The lowest BCUT2D eigenvalue weighted by Crippen LogP contribution is -2.28. The van der Waals surface area contributed by atoms with Gasteiger partial charge in [-0.25, -0.2) is 0 Å². The second-order valence-corrected chi connectivity index (χ2v) is 4.71. The van der Waals surface area contributed by atoms with Crippen molar-refractivity contribution >= 4 is 17.5 Å². The number of allylic oxidation sites excluding steroid dienone is 1. The highest BCUT2D eigenvalue weighted by molar-refractivity contribution is 6.06. The maximum Gasteiger partial charge on any atom is 0.324 e. The number of rotatable bonds is 5. The Balaban J connectivity index is 3.33. The Morgan fingerprint density at radius 1 is 1.00 bits per heavy atom. The van der Waals surface area contributed by atoms with Crippen LogP contribution < -0.4 is 0 Å². The van der Waals surface area contributed by atoms with Crippen LogP contribution in [-0.2, 0) is 19.1 Å². The molecule has 0 bridgehead atoms. The number of methoxy groups -OCH3 is 2. The Morgan fingerprint density at radius 2 is 1.50 bits per heavy atom. The molecule has 1 aromatic carbocycles. The molecule has 0 spiro atoms. The van der Waals surface area contributed by atoms with E-state index >= 15 is 0 Å². The maximum absolute atomic E-state index is 11.9. The SMILES string of the molecule is COC(=O)C(C(=O)OC)/C(=C/C(C)C)c1ccccc1. The molecule has 0 atom stereocenters. The number of carbonyl (C=O) groups is 2. The zero-order chi connectivity index (χ0) is 15.1. The van der Waals surface area contributed by atoms with Crippen molar-refractivity contribution in [3.05, 3.63) is 42.0 Å². The minimum absolute atomic E-state index is 0.182. The number of hydrogen-bond donors (Lipinski definition) is 0. The fourth-order valence-corrected chi connectivity index (χ4v) is 1.93. The zero-order valence-electron chi connectivity index (χ0n) is 12.3. The van der Waals surface area contributed by atoms with Gasteiger partial charge in [0.1, 0.15) is 0 Å². The van der Waals surface area contributed by atoms with E-state index in [1.54, 1.807) is 0 Å². The number of benzene rings is 1. The molecule has 0 aliphatic heterocycles. The number of ether oxygens (including phenoxy) is 2. The van der Waals surface area contributed by atoms with E-state index in [9.17, 15) is 9.59 Å². The molecule has 20 heavy (non-hydrogen) atoms. The molecule has 0 radical (unpaired) electrons. The van der Waals surface area contributed by atoms with Crippen molar-refractivity contribution in [1.29, 1.82) is 0 Å². The largest absolute Gasteiger partial charge is 0.468 e. The standard InChI is InChI=1S/C16H20O4/c1-11(2)10-13(12-8-6-5-7-9-12)14(15(17)19-3)16(18)20-4/h5-11,14H,1-4H3/b13-10+. The molecule has 0 heterocycles. The van der Waals surface area contributed by atoms with E-state index in [1.807, 2.05) is 50.3 Å². The van der Waals surface area contributed by atoms with Gasteiger partial charge < -0.3 is 9.47 Å². The van der Waals surface area contributed by atoms with Crippen molar-refractivity contribution < 1.29 is 19.1 Å². The van der Waals surface area contributed by atoms with E-state index in [2.05, 4.69) is 0 Å². The van der Waals surface area contributed by atoms with E-state index in [0.29, 0.717) is 5.57 Å². The topological polar surface area (TPSA) is 52.6 Å². The lowest BCUT2D eigenvalue weighted by molar-refractivity contribution is -0.155. The average molecular weight is 276 g/mol. The van der Waals surface area contributed by atoms with Gasteiger partial charge in [0.05, 0.1) is 14.2 Å². The van der Waals surface area contributed by atoms with Gasteiger partial charge in [0, 0.05) is 0 Å². The molecule has 0 N–H and O–H groups in total. The molecule has 0 aromatic heterocycles. The second kappa shape index (κ2) is 7.48. The van der Waals surface area contributed by atoms with E-state index < -0.39 is 17.9 Å². The second-order valence-electron chi connectivity index (χ2n) is 4.71. The minimum Gasteiger partial charge on any atom is -0.468 e. The summed E-state index contributed by atoms with van der Waals surface area (Å²) < 4.78 is 9.48. The van der Waals surface area contributed by atoms with Crippen LogP contribution in [0.3, 0.4) is 0 Å². The molecule has 4 heteroatoms. The summed E-state index contributed by atoms with van der Waals surface area (Å²) >= 11 is 0. The van der Waals surface area contributed by atoms with Gasteiger partial charge in [-0.3, -0.25) is 9.59 Å². The van der Waals surface area contributed by atoms with Crippen LogP contribution in [0.5, 0.6) is 0 Å². The Hall–Kier alpha value is -2.10. The van der Waals surface area contributed by atoms with Crippen LogP contribution in [0.4, 0.5) is 0 Å². The third kappa shape index (κ3) is 3.95. The third-order valence-electron chi connectivity index (χ3n) is 2.80. The summed E-state index contributed by atoms with van der Waals surface area (Å²) in [5.74, 6) is -2.11. The average Bonchev–Trinajstić information content (AvgIpc) is 2.46. The molecule has 0 aliphatic carbocycles. The van der Waals surface area contributed by atoms with E-state index in [-0.39, 0.29) is 5.92 Å². The maximum atomic E-state index is 11.9. The molecule has 0 fully saturated rings. The van der Waals surface area contributed by atoms with Gasteiger partial charge in [-0.1, -0.05) is 50.3 Å². The molecule has 0 aliphatic rings. The summed E-state index contributed by atoms with van der Waals surface area (Å²) in [5, 5.41) is 0. The quantitative estimate of drug-likeness (QED) is 0.613. The summed E-state index contributed by atoms with van der Waals surface area (Å²) in [6.45, 7) is 3.96. The van der Waals surface area contributed by atoms with Gasteiger partial charge >= 0.3 is 11.9 Å². The molecule has 108 valence electrons. The van der Waals surface area contributed by atoms with Crippen molar-refractivity contribution in [3.63, 3.8) is 0 Å². The van der Waals surface area contributed by atoms with Gasteiger partial charge in [-0.2, -0.15) is 0 Å². The van der Waals surface area contributed by atoms with Crippen LogP contribution in [-0.4, -0.2) is 26.2 Å². The molecule has 1 aromatic rings. The molecule has 0 saturated carbocycles. The Morgan fingerprint density at radius 3 is 1.90 bits per heavy atom. The van der Waals surface area contributed by atoms with E-state index in [1.165, 1.54) is 14.2 Å². The van der Waals surface area contributed by atoms with Gasteiger partial charge in [0.25, 0.3) is 0 Å². The number of hydrogen-bond acceptors (Lipinski definition) is 4. The van der Waals surface area contributed by atoms with Crippen molar-refractivity contribution in [2.24, 2.45) is 11.8 Å². The lowest BCUT2D eigenvalue weighted by Gasteiger charge is -2.17. The predicted molar refractivity (Wildman–Crippen MR) is 76.8 cm³/mol. The van der Waals surface area contributed by atoms with Crippen LogP contribution in [0.1, 0.15) is 19.4 Å². The first-order valence-corrected chi connectivity index (χ1v) is 6.44. The Bertz CT molecular complexity index is 472. The molecule has 1 rings (SSSR count). The smallest absolute Gasteiger partial charge is 0.324 e. The first-order chi connectivity index (χ1) is 9.51. The first-order valence-electron chi connectivity index (χ1n) is 6.44. The molecule has 4 nitrogen and oxygen atoms in total. The van der Waals surface area contributed by atoms with Crippen molar-refractivity contribution in [1.82, 2.24) is 0 Å². The molecular formula is C16H20O4. The summed E-state index contributed by atoms with van der Waals surface area (Å²) in [5.41, 5.74) is 1.42. The monoisotopic (exact) mass is 276 g/mol. The first kappa shape index (κ1) is 16.0. The zero-order valence-corrected chi connectivity index (χ0v) is 12.3. The molecule has 0 amide bonds. The highest BCUT2D eigenvalue weighted by atomic mass is 16.5. The highest BCUT2D eigenvalue weighted by Gasteiger charge is 2.33. The summed E-state index contributed by atoms with van der Waals surface area (Å²) in [4.78, 5) is 23.9. The van der Waals surface area contributed by atoms with Crippen LogP contribution in [0, 0.1) is 11.8 Å². The highest BCUT2D eigenvalue weighted by Crippen LogP contribution is 2.27. The van der Waals surface area contributed by atoms with Crippen molar-refractivity contribution in [2.75, 3.05) is 14.2 Å². The third-order valence-corrected chi connectivity index (χ3v) is 2.80. The van der Waals surface area contributed by atoms with Gasteiger partial charge in [0.15, 0.2) is 5.92 Å². The Kier molecular flexibility index (Phi) is 5.97. The molecule has 0 unspecified atom stereocenters. The van der Waals surface area contributed by atoms with Crippen LogP contribution in [0.25, 0.3) is 5.57 Å². The van der Waals surface area contributed by atoms with Gasteiger partial charge in [-0.05, 0) is 17.1 Å². The molecule has 0 saturated heterocycles. The fourth-order valence-electron chi connectivity index (χ4n) is 1.93. The normalized spacial score (nSPS) is 11.6. The summed E-state index contributed by atoms with van der Waals surface area (Å²) in [7, 11) is 2.52. The van der Waals surface area contributed by atoms with Crippen LogP contribution in [0.15, 0.2) is 36.4 Å². The van der Waals surface area contributed by atoms with E-state index in [4.69, 9.17) is 9.47 Å². The summed E-state index contributed by atoms with van der Waals surface area (Å²) in [6.07, 6.45) is 1.88. The molecular weight excluding hydrogens is 256 g/mol. The van der Waals surface area contributed by atoms with E-state index in [0.717, 1.165) is 5.56 Å². The fraction of sp³-hybridized carbons (Fsp3) is 0.375. The minimum atomic E-state index is -1.06. The van der Waals surface area contributed by atoms with Crippen LogP contribution >= 0.6 is 0 Å². The number of carbonyl (C=O) groups excluding carboxylic acids is 2. The summed E-state index contributed by atoms with van der Waals surface area (Å²) in [6, 6.07) is 9.30. The Labute approximate surface area is 119 Å². The lowest BCUT2D eigenvalue weighted by atomic mass is 9.90. The predicted octanol–water partition coefficient (Wildman–Crippen LogP) is 2.69. The van der Waals surface area contributed by atoms with Gasteiger partial charge in [-0.15, -0.1) is 0 Å². The van der Waals surface area contributed by atoms with Gasteiger partial charge in [0.2, 0.25) is 0 Å². The van der Waals surface area contributed by atoms with Crippen molar-refractivity contribution in [3.8, 4) is 0 Å².